The Balaban J connectivity index is 0.914. The summed E-state index contributed by atoms with van der Waals surface area (Å²) in [6.45, 7) is 5.43. The van der Waals surface area contributed by atoms with E-state index in [0.29, 0.717) is 37.6 Å². The van der Waals surface area contributed by atoms with Gasteiger partial charge in [-0.15, -0.1) is 0 Å². The van der Waals surface area contributed by atoms with Crippen molar-refractivity contribution >= 4 is 45.8 Å². The number of fused-ring (bicyclic) bond motifs is 6. The van der Waals surface area contributed by atoms with Crippen molar-refractivity contribution in [1.82, 2.24) is 40.4 Å². The number of nitrogens with zero attached hydrogens (tertiary/aromatic N) is 4. The Morgan fingerprint density at radius 2 is 1.54 bits per heavy atom. The number of alkyl carbamates (subject to hydrolysis) is 2. The monoisotopic (exact) mass is 880 g/mol. The molecule has 0 unspecified atom stereocenters. The number of hydrogen-bond donors (Lipinski definition) is 4. The molecule has 4 atom stereocenters. The van der Waals surface area contributed by atoms with E-state index in [1.54, 1.807) is 17.0 Å². The van der Waals surface area contributed by atoms with E-state index in [9.17, 15) is 19.2 Å². The van der Waals surface area contributed by atoms with Gasteiger partial charge in [0.15, 0.2) is 5.79 Å². The average Bonchev–Trinajstić information content (AvgIpc) is 4.19. The van der Waals surface area contributed by atoms with Crippen LogP contribution in [0.25, 0.3) is 44.2 Å². The second kappa shape index (κ2) is 17.0. The van der Waals surface area contributed by atoms with Crippen LogP contribution in [0.4, 0.5) is 9.59 Å². The van der Waals surface area contributed by atoms with Gasteiger partial charge in [-0.2, -0.15) is 0 Å². The van der Waals surface area contributed by atoms with Gasteiger partial charge in [0.25, 0.3) is 5.91 Å². The van der Waals surface area contributed by atoms with Gasteiger partial charge in [-0.05, 0) is 71.4 Å². The van der Waals surface area contributed by atoms with Crippen molar-refractivity contribution in [3.05, 3.63) is 107 Å². The van der Waals surface area contributed by atoms with Crippen molar-refractivity contribution in [2.75, 3.05) is 40.5 Å². The number of aromatic amines is 2. The Kier molecular flexibility index (Phi) is 11.0. The quantitative estimate of drug-likeness (QED) is 0.117. The molecule has 16 heteroatoms. The van der Waals surface area contributed by atoms with Crippen LogP contribution in [-0.2, 0) is 41.4 Å². The Morgan fingerprint density at radius 3 is 2.31 bits per heavy atom. The molecule has 4 aromatic carbocycles. The highest BCUT2D eigenvalue weighted by Gasteiger charge is 2.53. The number of aromatic nitrogens is 4. The molecular weight excluding hydrogens is 829 g/mol. The van der Waals surface area contributed by atoms with Crippen LogP contribution >= 0.6 is 0 Å². The number of methoxy groups -OCH3 is 2. The maximum atomic E-state index is 14.5. The highest BCUT2D eigenvalue weighted by atomic mass is 16.7. The molecule has 0 radical (unpaired) electrons. The van der Waals surface area contributed by atoms with Gasteiger partial charge < -0.3 is 49.3 Å². The summed E-state index contributed by atoms with van der Waals surface area (Å²) in [6, 6.07) is 23.7. The lowest BCUT2D eigenvalue weighted by atomic mass is 9.89. The molecule has 3 fully saturated rings. The SMILES string of the molecule is COC(=O)N[C@H](C(=O)N1CCC[C@H]1c1nc2c([nH]1)-c1ccc(-c3ccc4c(ccc5nc([C@@H]6CC7(CN6C(=O)[C@H](NC(=O)OC)c6ccccc6)OCCO7)[nH]c54)c3)cc1CC2)C(C)C. The van der Waals surface area contributed by atoms with Gasteiger partial charge in [0.05, 0.1) is 68.5 Å². The maximum absolute atomic E-state index is 14.5. The zero-order chi connectivity index (χ0) is 45.0. The Morgan fingerprint density at radius 1 is 0.800 bits per heavy atom. The van der Waals surface area contributed by atoms with E-state index in [1.165, 1.54) is 19.8 Å². The summed E-state index contributed by atoms with van der Waals surface area (Å²) in [5.41, 5.74) is 8.73. The fourth-order valence-electron chi connectivity index (χ4n) is 10.1. The Hall–Kier alpha value is -6.78. The van der Waals surface area contributed by atoms with Gasteiger partial charge in [0.2, 0.25) is 5.91 Å². The van der Waals surface area contributed by atoms with E-state index in [4.69, 9.17) is 28.9 Å². The van der Waals surface area contributed by atoms with E-state index < -0.39 is 36.1 Å². The van der Waals surface area contributed by atoms with Crippen LogP contribution in [-0.4, -0.2) is 106 Å². The first-order valence-corrected chi connectivity index (χ1v) is 22.3. The van der Waals surface area contributed by atoms with Crippen LogP contribution in [0.2, 0.25) is 0 Å². The van der Waals surface area contributed by atoms with Gasteiger partial charge in [-0.3, -0.25) is 9.59 Å². The Labute approximate surface area is 375 Å². The number of benzene rings is 4. The summed E-state index contributed by atoms with van der Waals surface area (Å²) in [5.74, 6) is -0.179. The van der Waals surface area contributed by atoms with Gasteiger partial charge in [-0.25, -0.2) is 19.6 Å². The first-order valence-electron chi connectivity index (χ1n) is 22.3. The van der Waals surface area contributed by atoms with Crippen LogP contribution in [0.5, 0.6) is 0 Å². The molecule has 65 heavy (non-hydrogen) atoms. The second-order valence-electron chi connectivity index (χ2n) is 17.7. The van der Waals surface area contributed by atoms with E-state index in [-0.39, 0.29) is 30.3 Å². The normalized spacial score (nSPS) is 19.6. The highest BCUT2D eigenvalue weighted by Crippen LogP contribution is 2.44. The zero-order valence-corrected chi connectivity index (χ0v) is 36.8. The maximum Gasteiger partial charge on any atom is 0.407 e. The lowest BCUT2D eigenvalue weighted by Crippen LogP contribution is -2.51. The number of carbonyl (C=O) groups is 4. The van der Waals surface area contributed by atoms with E-state index in [0.717, 1.165) is 81.4 Å². The number of nitrogens with one attached hydrogen (secondary N) is 4. The average molecular weight is 881 g/mol. The van der Waals surface area contributed by atoms with E-state index in [2.05, 4.69) is 63.1 Å². The third-order valence-corrected chi connectivity index (χ3v) is 13.4. The second-order valence-corrected chi connectivity index (χ2v) is 17.7. The summed E-state index contributed by atoms with van der Waals surface area (Å²) in [6.07, 6.45) is 2.28. The van der Waals surface area contributed by atoms with Crippen LogP contribution in [0.3, 0.4) is 0 Å². The number of H-pyrrole nitrogens is 2. The van der Waals surface area contributed by atoms with Crippen molar-refractivity contribution in [3.63, 3.8) is 0 Å². The minimum absolute atomic E-state index is 0.113. The molecule has 4 aliphatic rings. The molecule has 5 heterocycles. The summed E-state index contributed by atoms with van der Waals surface area (Å²) >= 11 is 0. The van der Waals surface area contributed by atoms with Crippen LogP contribution in [0, 0.1) is 5.92 Å². The number of amides is 4. The molecule has 2 aromatic heterocycles. The summed E-state index contributed by atoms with van der Waals surface area (Å²) in [7, 11) is 2.57. The molecule has 3 aliphatic heterocycles. The largest absolute Gasteiger partial charge is 0.453 e. The smallest absolute Gasteiger partial charge is 0.407 e. The van der Waals surface area contributed by atoms with Gasteiger partial charge in [0, 0.05) is 23.9 Å². The molecule has 16 nitrogen and oxygen atoms in total. The number of carbonyl (C=O) groups excluding carboxylic acids is 4. The molecule has 0 bridgehead atoms. The van der Waals surface area contributed by atoms with Crippen LogP contribution in [0.15, 0.2) is 78.9 Å². The number of ether oxygens (including phenoxy) is 4. The van der Waals surface area contributed by atoms with Crippen molar-refractivity contribution < 1.29 is 38.1 Å². The lowest BCUT2D eigenvalue weighted by molar-refractivity contribution is -0.153. The Bertz CT molecular complexity index is 2810. The van der Waals surface area contributed by atoms with Crippen molar-refractivity contribution in [2.24, 2.45) is 5.92 Å². The number of rotatable bonds is 9. The number of aryl methyl sites for hydroxylation is 2. The first-order chi connectivity index (χ1) is 31.5. The van der Waals surface area contributed by atoms with Gasteiger partial charge in [-0.1, -0.05) is 80.6 Å². The molecule has 3 saturated heterocycles. The fourth-order valence-corrected chi connectivity index (χ4v) is 10.1. The highest BCUT2D eigenvalue weighted by molar-refractivity contribution is 6.05. The molecule has 4 amide bonds. The van der Waals surface area contributed by atoms with Gasteiger partial charge >= 0.3 is 12.2 Å². The molecular formula is C49H52N8O8. The standard InChI is InChI=1S/C49H52N8O8/c1-27(2)39(54-47(60)62-3)45(58)56-20-8-11-37(56)43-50-35-18-14-31-23-29(12-16-33(31)41(35)52-43)30-13-17-34-32(24-30)15-19-36-42(34)53-44(51-36)38-25-49(64-21-22-65-49)26-57(38)46(59)40(55-48(61)63-4)28-9-6-5-7-10-28/h5-7,9-10,12-13,15-17,19,23-24,27,37-40H,8,11,14,18,20-22,25-26H2,1-4H3,(H,50,52)(H,51,53)(H,54,60)(H,55,61)/t37-,38-,39-,40+/m0/s1. The first kappa shape index (κ1) is 42.2. The lowest BCUT2D eigenvalue weighted by Gasteiger charge is -2.30. The van der Waals surface area contributed by atoms with Crippen LogP contribution < -0.4 is 10.6 Å². The number of hydrogen-bond acceptors (Lipinski definition) is 10. The molecule has 1 aliphatic carbocycles. The molecule has 4 N–H and O–H groups in total. The predicted molar refractivity (Wildman–Crippen MR) is 240 cm³/mol. The molecule has 336 valence electrons. The van der Waals surface area contributed by atoms with E-state index in [1.807, 2.05) is 43.0 Å². The third kappa shape index (κ3) is 7.73. The molecule has 6 aromatic rings. The predicted octanol–water partition coefficient (Wildman–Crippen LogP) is 7.03. The minimum Gasteiger partial charge on any atom is -0.453 e. The third-order valence-electron chi connectivity index (χ3n) is 13.4. The van der Waals surface area contributed by atoms with E-state index >= 15 is 0 Å². The van der Waals surface area contributed by atoms with Crippen LogP contribution in [0.1, 0.15) is 79.7 Å². The number of likely N-dealkylation sites (tertiary alicyclic amines) is 2. The van der Waals surface area contributed by atoms with Crippen molar-refractivity contribution in [3.8, 4) is 22.4 Å². The van der Waals surface area contributed by atoms with Gasteiger partial charge in [0.1, 0.15) is 23.7 Å². The van der Waals surface area contributed by atoms with Crippen molar-refractivity contribution in [1.29, 1.82) is 0 Å². The summed E-state index contributed by atoms with van der Waals surface area (Å²) in [5, 5.41) is 7.49. The summed E-state index contributed by atoms with van der Waals surface area (Å²) < 4.78 is 22.0. The van der Waals surface area contributed by atoms with Crippen molar-refractivity contribution in [2.45, 2.75) is 75.9 Å². The zero-order valence-electron chi connectivity index (χ0n) is 36.8. The molecule has 0 saturated carbocycles. The molecule has 1 spiro atoms. The number of imidazole rings is 2. The summed E-state index contributed by atoms with van der Waals surface area (Å²) in [4.78, 5) is 73.7. The molecule has 10 rings (SSSR count). The minimum atomic E-state index is -1.00. The fraction of sp³-hybridized carbons (Fsp3) is 0.388. The topological polar surface area (TPSA) is 193 Å².